The van der Waals surface area contributed by atoms with Crippen LogP contribution in [-0.2, 0) is 10.2 Å². The number of nitrogens with one attached hydrogen (secondary N) is 1. The Morgan fingerprint density at radius 2 is 2.00 bits per heavy atom. The van der Waals surface area contributed by atoms with Crippen LogP contribution in [0, 0.1) is 6.92 Å². The Labute approximate surface area is 157 Å². The van der Waals surface area contributed by atoms with Gasteiger partial charge in [0.1, 0.15) is 0 Å². The number of rotatable bonds is 6. The highest BCUT2D eigenvalue weighted by atomic mass is 127. The monoisotopic (exact) mass is 431 g/mol. The van der Waals surface area contributed by atoms with Gasteiger partial charge in [-0.3, -0.25) is 4.99 Å². The normalized spacial score (nSPS) is 17.4. The summed E-state index contributed by atoms with van der Waals surface area (Å²) in [6.07, 6.45) is 4.28. The van der Waals surface area contributed by atoms with Gasteiger partial charge in [0.2, 0.25) is 0 Å². The Morgan fingerprint density at radius 1 is 1.30 bits per heavy atom. The zero-order valence-corrected chi connectivity index (χ0v) is 16.6. The van der Waals surface area contributed by atoms with Crippen LogP contribution in [0.15, 0.2) is 29.3 Å². The highest BCUT2D eigenvalue weighted by Gasteiger charge is 2.35. The highest BCUT2D eigenvalue weighted by molar-refractivity contribution is 14.0. The number of ether oxygens (including phenoxy) is 1. The predicted octanol–water partition coefficient (Wildman–Crippen LogP) is 3.37. The van der Waals surface area contributed by atoms with Crippen molar-refractivity contribution in [2.75, 3.05) is 26.3 Å². The Kier molecular flexibility index (Phi) is 8.91. The van der Waals surface area contributed by atoms with Gasteiger partial charge in [0.15, 0.2) is 5.96 Å². The van der Waals surface area contributed by atoms with Gasteiger partial charge in [0.25, 0.3) is 0 Å². The minimum Gasteiger partial charge on any atom is -0.381 e. The van der Waals surface area contributed by atoms with Crippen LogP contribution in [0.2, 0.25) is 0 Å². The molecular formula is C18H30IN3O. The quantitative estimate of drug-likeness (QED) is 0.314. The minimum atomic E-state index is 0. The summed E-state index contributed by atoms with van der Waals surface area (Å²) in [5.74, 6) is 0.563. The lowest BCUT2D eigenvalue weighted by atomic mass is 9.72. The highest BCUT2D eigenvalue weighted by Crippen LogP contribution is 2.36. The van der Waals surface area contributed by atoms with E-state index in [0.29, 0.717) is 5.96 Å². The molecular weight excluding hydrogens is 401 g/mol. The molecule has 1 aliphatic heterocycles. The molecule has 23 heavy (non-hydrogen) atoms. The van der Waals surface area contributed by atoms with Crippen LogP contribution >= 0.6 is 24.0 Å². The van der Waals surface area contributed by atoms with Gasteiger partial charge >= 0.3 is 0 Å². The van der Waals surface area contributed by atoms with E-state index < -0.39 is 0 Å². The van der Waals surface area contributed by atoms with Crippen LogP contribution in [0.25, 0.3) is 0 Å². The summed E-state index contributed by atoms with van der Waals surface area (Å²) in [4.78, 5) is 4.64. The van der Waals surface area contributed by atoms with Crippen molar-refractivity contribution < 1.29 is 4.74 Å². The molecule has 1 aromatic carbocycles. The van der Waals surface area contributed by atoms with Crippen molar-refractivity contribution in [3.63, 3.8) is 0 Å². The van der Waals surface area contributed by atoms with E-state index in [1.165, 1.54) is 11.1 Å². The molecule has 0 aromatic heterocycles. The van der Waals surface area contributed by atoms with Crippen molar-refractivity contribution in [2.45, 2.75) is 44.9 Å². The second-order valence-corrected chi connectivity index (χ2v) is 6.19. The third-order valence-electron chi connectivity index (χ3n) is 4.55. The fraction of sp³-hybridized carbons (Fsp3) is 0.611. The van der Waals surface area contributed by atoms with Gasteiger partial charge in [0.05, 0.1) is 6.54 Å². The second-order valence-electron chi connectivity index (χ2n) is 6.19. The third-order valence-corrected chi connectivity index (χ3v) is 4.55. The molecule has 5 heteroatoms. The SMILES string of the molecule is CCCCNC(N)=NCC1(c2ccccc2C)CCOCC1.I. The minimum absolute atomic E-state index is 0. The van der Waals surface area contributed by atoms with Gasteiger partial charge in [-0.2, -0.15) is 0 Å². The molecule has 4 nitrogen and oxygen atoms in total. The maximum absolute atomic E-state index is 6.01. The van der Waals surface area contributed by atoms with Crippen molar-refractivity contribution in [3.05, 3.63) is 35.4 Å². The van der Waals surface area contributed by atoms with Crippen molar-refractivity contribution in [1.29, 1.82) is 0 Å². The molecule has 0 radical (unpaired) electrons. The van der Waals surface area contributed by atoms with Crippen LogP contribution < -0.4 is 11.1 Å². The largest absolute Gasteiger partial charge is 0.381 e. The molecule has 1 aromatic rings. The van der Waals surface area contributed by atoms with E-state index in [2.05, 4.69) is 48.4 Å². The summed E-state index contributed by atoms with van der Waals surface area (Å²) in [6, 6.07) is 8.62. The Hall–Kier alpha value is -0.820. The zero-order chi connectivity index (χ0) is 15.8. The first-order valence-electron chi connectivity index (χ1n) is 8.35. The average molecular weight is 431 g/mol. The molecule has 2 rings (SSSR count). The fourth-order valence-electron chi connectivity index (χ4n) is 3.13. The van der Waals surface area contributed by atoms with E-state index in [9.17, 15) is 0 Å². The molecule has 0 unspecified atom stereocenters. The maximum Gasteiger partial charge on any atom is 0.188 e. The Balaban J connectivity index is 0.00000264. The van der Waals surface area contributed by atoms with Crippen molar-refractivity contribution in [1.82, 2.24) is 5.32 Å². The molecule has 130 valence electrons. The lowest BCUT2D eigenvalue weighted by Gasteiger charge is -2.37. The summed E-state index contributed by atoms with van der Waals surface area (Å²) in [5.41, 5.74) is 8.79. The number of benzene rings is 1. The number of nitrogens with two attached hydrogens (primary N) is 1. The predicted molar refractivity (Wildman–Crippen MR) is 108 cm³/mol. The molecule has 1 heterocycles. The summed E-state index contributed by atoms with van der Waals surface area (Å²) >= 11 is 0. The van der Waals surface area contributed by atoms with E-state index in [0.717, 1.165) is 52.0 Å². The molecule has 1 saturated heterocycles. The smallest absolute Gasteiger partial charge is 0.188 e. The van der Waals surface area contributed by atoms with Gasteiger partial charge in [0, 0.05) is 25.2 Å². The van der Waals surface area contributed by atoms with Crippen molar-refractivity contribution in [2.24, 2.45) is 10.7 Å². The fourth-order valence-corrected chi connectivity index (χ4v) is 3.13. The first kappa shape index (κ1) is 20.2. The zero-order valence-electron chi connectivity index (χ0n) is 14.3. The van der Waals surface area contributed by atoms with Crippen molar-refractivity contribution in [3.8, 4) is 0 Å². The summed E-state index contributed by atoms with van der Waals surface area (Å²) in [7, 11) is 0. The average Bonchev–Trinajstić information content (AvgIpc) is 2.54. The molecule has 1 fully saturated rings. The van der Waals surface area contributed by atoms with Crippen LogP contribution in [-0.4, -0.2) is 32.3 Å². The van der Waals surface area contributed by atoms with Crippen LogP contribution in [0.1, 0.15) is 43.7 Å². The standard InChI is InChI=1S/C18H29N3O.HI/c1-3-4-11-20-17(19)21-14-18(9-12-22-13-10-18)16-8-6-5-7-15(16)2;/h5-8H,3-4,9-14H2,1-2H3,(H3,19,20,21);1H. The molecule has 0 bridgehead atoms. The number of unbranched alkanes of at least 4 members (excludes halogenated alkanes) is 1. The second kappa shape index (κ2) is 10.1. The van der Waals surface area contributed by atoms with E-state index in [-0.39, 0.29) is 29.4 Å². The van der Waals surface area contributed by atoms with Crippen LogP contribution in [0.3, 0.4) is 0 Å². The topological polar surface area (TPSA) is 59.6 Å². The number of hydrogen-bond donors (Lipinski definition) is 2. The third kappa shape index (κ3) is 5.64. The van der Waals surface area contributed by atoms with E-state index in [4.69, 9.17) is 10.5 Å². The van der Waals surface area contributed by atoms with Gasteiger partial charge in [-0.05, 0) is 37.3 Å². The van der Waals surface area contributed by atoms with Gasteiger partial charge in [-0.25, -0.2) is 0 Å². The van der Waals surface area contributed by atoms with E-state index in [1.54, 1.807) is 0 Å². The Morgan fingerprint density at radius 3 is 2.65 bits per heavy atom. The molecule has 0 spiro atoms. The number of hydrogen-bond acceptors (Lipinski definition) is 2. The lowest BCUT2D eigenvalue weighted by Crippen LogP contribution is -2.40. The number of halogens is 1. The van der Waals surface area contributed by atoms with E-state index in [1.807, 2.05) is 0 Å². The van der Waals surface area contributed by atoms with Gasteiger partial charge < -0.3 is 15.8 Å². The number of guanidine groups is 1. The molecule has 0 aliphatic carbocycles. The molecule has 1 aliphatic rings. The summed E-state index contributed by atoms with van der Waals surface area (Å²) < 4.78 is 5.58. The number of aliphatic imine (C=N–C) groups is 1. The first-order chi connectivity index (χ1) is 10.7. The maximum atomic E-state index is 6.01. The van der Waals surface area contributed by atoms with Crippen LogP contribution in [0.4, 0.5) is 0 Å². The first-order valence-corrected chi connectivity index (χ1v) is 8.35. The van der Waals surface area contributed by atoms with E-state index >= 15 is 0 Å². The molecule has 0 saturated carbocycles. The number of aryl methyl sites for hydroxylation is 1. The van der Waals surface area contributed by atoms with Gasteiger partial charge in [-0.15, -0.1) is 24.0 Å². The number of nitrogens with zero attached hydrogens (tertiary/aromatic N) is 1. The lowest BCUT2D eigenvalue weighted by molar-refractivity contribution is 0.0529. The van der Waals surface area contributed by atoms with Crippen molar-refractivity contribution >= 4 is 29.9 Å². The Bertz CT molecular complexity index is 499. The summed E-state index contributed by atoms with van der Waals surface area (Å²) in [6.45, 7) is 7.57. The molecule has 0 amide bonds. The summed E-state index contributed by atoms with van der Waals surface area (Å²) in [5, 5.41) is 3.20. The molecule has 0 atom stereocenters. The molecule has 3 N–H and O–H groups in total. The van der Waals surface area contributed by atoms with Crippen LogP contribution in [0.5, 0.6) is 0 Å². The van der Waals surface area contributed by atoms with Gasteiger partial charge in [-0.1, -0.05) is 37.6 Å².